The molecule has 1 aromatic heterocycles. The fraction of sp³-hybridized carbons (Fsp3) is 0.300. The number of hydrogen-bond donors (Lipinski definition) is 0. The molecule has 5 nitrogen and oxygen atoms in total. The number of imidazole rings is 1. The van der Waals surface area contributed by atoms with E-state index in [0.717, 1.165) is 16.2 Å². The maximum absolute atomic E-state index is 13.8. The Bertz CT molecular complexity index is 928. The third kappa shape index (κ3) is 4.67. The molecule has 7 heteroatoms. The molecule has 27 heavy (non-hydrogen) atoms. The lowest BCUT2D eigenvalue weighted by Crippen LogP contribution is -2.28. The van der Waals surface area contributed by atoms with Crippen LogP contribution in [0.4, 0.5) is 4.39 Å². The molecule has 0 aliphatic carbocycles. The zero-order chi connectivity index (χ0) is 19.2. The Hall–Kier alpha value is -2.38. The lowest BCUT2D eigenvalue weighted by molar-refractivity contribution is -0.127. The highest BCUT2D eigenvalue weighted by molar-refractivity contribution is 7.99. The number of ether oxygens (including phenoxy) is 1. The molecular formula is C20H22FN3O2S. The number of thioether (sulfide) groups is 1. The second-order valence-corrected chi connectivity index (χ2v) is 7.10. The van der Waals surface area contributed by atoms with Gasteiger partial charge in [-0.2, -0.15) is 0 Å². The highest BCUT2D eigenvalue weighted by Crippen LogP contribution is 2.24. The first kappa shape index (κ1) is 19.4. The lowest BCUT2D eigenvalue weighted by Gasteiger charge is -2.17. The molecule has 3 aromatic rings. The zero-order valence-corrected chi connectivity index (χ0v) is 16.2. The van der Waals surface area contributed by atoms with E-state index in [1.54, 1.807) is 32.4 Å². The van der Waals surface area contributed by atoms with E-state index < -0.39 is 0 Å². The maximum Gasteiger partial charge on any atom is 0.233 e. The molecule has 0 bridgehead atoms. The van der Waals surface area contributed by atoms with E-state index in [-0.39, 0.29) is 24.0 Å². The smallest absolute Gasteiger partial charge is 0.233 e. The molecule has 3 rings (SSSR count). The second-order valence-electron chi connectivity index (χ2n) is 6.16. The molecule has 0 N–H and O–H groups in total. The predicted octanol–water partition coefficient (Wildman–Crippen LogP) is 3.57. The van der Waals surface area contributed by atoms with Crippen LogP contribution in [0.5, 0.6) is 0 Å². The second kappa shape index (κ2) is 9.01. The summed E-state index contributed by atoms with van der Waals surface area (Å²) in [6, 6.07) is 14.4. The molecule has 1 amide bonds. The molecule has 0 atom stereocenters. The summed E-state index contributed by atoms with van der Waals surface area (Å²) in [6.07, 6.45) is 0. The highest BCUT2D eigenvalue weighted by Gasteiger charge is 2.16. The van der Waals surface area contributed by atoms with E-state index in [2.05, 4.69) is 9.55 Å². The molecular weight excluding hydrogens is 365 g/mol. The van der Waals surface area contributed by atoms with Gasteiger partial charge in [0.2, 0.25) is 5.91 Å². The van der Waals surface area contributed by atoms with Crippen molar-refractivity contribution >= 4 is 28.7 Å². The molecule has 0 aliphatic rings. The molecule has 0 unspecified atom stereocenters. The third-order valence-electron chi connectivity index (χ3n) is 4.25. The minimum absolute atomic E-state index is 0.0754. The number of hydrogen-bond acceptors (Lipinski definition) is 4. The lowest BCUT2D eigenvalue weighted by atomic mass is 10.2. The SMILES string of the molecule is COCCn1c(SCC(=O)N(C)Cc2ccccc2F)nc2ccccc21. The first-order valence-electron chi connectivity index (χ1n) is 8.64. The number of amides is 1. The Kier molecular flexibility index (Phi) is 6.47. The van der Waals surface area contributed by atoms with Crippen molar-refractivity contribution in [2.24, 2.45) is 0 Å². The van der Waals surface area contributed by atoms with Crippen molar-refractivity contribution in [3.63, 3.8) is 0 Å². The Morgan fingerprint density at radius 3 is 2.74 bits per heavy atom. The van der Waals surface area contributed by atoms with E-state index in [1.807, 2.05) is 24.3 Å². The van der Waals surface area contributed by atoms with Crippen LogP contribution in [-0.4, -0.2) is 46.9 Å². The van der Waals surface area contributed by atoms with Crippen molar-refractivity contribution < 1.29 is 13.9 Å². The van der Waals surface area contributed by atoms with Crippen LogP contribution in [0, 0.1) is 5.82 Å². The van der Waals surface area contributed by atoms with Crippen LogP contribution in [0.2, 0.25) is 0 Å². The number of benzene rings is 2. The number of para-hydroxylation sites is 2. The van der Waals surface area contributed by atoms with Crippen LogP contribution in [0.1, 0.15) is 5.56 Å². The van der Waals surface area contributed by atoms with E-state index in [0.29, 0.717) is 18.7 Å². The van der Waals surface area contributed by atoms with Crippen LogP contribution in [0.3, 0.4) is 0 Å². The summed E-state index contributed by atoms with van der Waals surface area (Å²) in [5.41, 5.74) is 2.41. The Balaban J connectivity index is 1.68. The van der Waals surface area contributed by atoms with Gasteiger partial charge < -0.3 is 14.2 Å². The number of carbonyl (C=O) groups excluding carboxylic acids is 1. The average Bonchev–Trinajstić information content (AvgIpc) is 3.03. The fourth-order valence-electron chi connectivity index (χ4n) is 2.77. The van der Waals surface area contributed by atoms with E-state index in [9.17, 15) is 9.18 Å². The van der Waals surface area contributed by atoms with Crippen LogP contribution < -0.4 is 0 Å². The van der Waals surface area contributed by atoms with Gasteiger partial charge in [0.1, 0.15) is 5.82 Å². The maximum atomic E-state index is 13.8. The van der Waals surface area contributed by atoms with Gasteiger partial charge >= 0.3 is 0 Å². The normalized spacial score (nSPS) is 11.1. The molecule has 1 heterocycles. The van der Waals surface area contributed by atoms with Gasteiger partial charge in [-0.05, 0) is 18.2 Å². The van der Waals surface area contributed by atoms with Gasteiger partial charge in [0, 0.05) is 32.8 Å². The van der Waals surface area contributed by atoms with Crippen molar-refractivity contribution in [2.45, 2.75) is 18.2 Å². The van der Waals surface area contributed by atoms with Gasteiger partial charge in [-0.15, -0.1) is 0 Å². The summed E-state index contributed by atoms with van der Waals surface area (Å²) in [7, 11) is 3.34. The first-order chi connectivity index (χ1) is 13.1. The van der Waals surface area contributed by atoms with Gasteiger partial charge in [0.15, 0.2) is 5.16 Å². The van der Waals surface area contributed by atoms with Crippen molar-refractivity contribution in [3.8, 4) is 0 Å². The summed E-state index contributed by atoms with van der Waals surface area (Å²) < 4.78 is 21.0. The number of halogens is 1. The molecule has 2 aromatic carbocycles. The number of rotatable bonds is 8. The minimum atomic E-state index is -0.300. The van der Waals surface area contributed by atoms with Crippen LogP contribution >= 0.6 is 11.8 Å². The molecule has 0 radical (unpaired) electrons. The highest BCUT2D eigenvalue weighted by atomic mass is 32.2. The minimum Gasteiger partial charge on any atom is -0.383 e. The molecule has 0 fully saturated rings. The molecule has 0 saturated carbocycles. The Morgan fingerprint density at radius 1 is 1.22 bits per heavy atom. The van der Waals surface area contributed by atoms with Crippen molar-refractivity contribution in [1.29, 1.82) is 0 Å². The summed E-state index contributed by atoms with van der Waals surface area (Å²) in [5.74, 6) is -0.138. The summed E-state index contributed by atoms with van der Waals surface area (Å²) >= 11 is 1.39. The molecule has 0 spiro atoms. The van der Waals surface area contributed by atoms with Crippen LogP contribution in [0.15, 0.2) is 53.7 Å². The van der Waals surface area contributed by atoms with Gasteiger partial charge in [0.25, 0.3) is 0 Å². The fourth-order valence-corrected chi connectivity index (χ4v) is 3.75. The van der Waals surface area contributed by atoms with Gasteiger partial charge in [-0.3, -0.25) is 4.79 Å². The summed E-state index contributed by atoms with van der Waals surface area (Å²) in [4.78, 5) is 18.7. The summed E-state index contributed by atoms with van der Waals surface area (Å²) in [5, 5.41) is 0.779. The number of methoxy groups -OCH3 is 1. The quantitative estimate of drug-likeness (QED) is 0.555. The Labute approximate surface area is 162 Å². The van der Waals surface area contributed by atoms with Gasteiger partial charge in [0.05, 0.1) is 23.4 Å². The first-order valence-corrected chi connectivity index (χ1v) is 9.63. The number of carbonyl (C=O) groups is 1. The summed E-state index contributed by atoms with van der Waals surface area (Å²) in [6.45, 7) is 1.47. The molecule has 0 aliphatic heterocycles. The molecule has 0 saturated heterocycles. The topological polar surface area (TPSA) is 47.4 Å². The molecule has 142 valence electrons. The van der Waals surface area contributed by atoms with Crippen LogP contribution in [-0.2, 0) is 22.6 Å². The number of fused-ring (bicyclic) bond motifs is 1. The third-order valence-corrected chi connectivity index (χ3v) is 5.22. The van der Waals surface area contributed by atoms with Gasteiger partial charge in [-0.25, -0.2) is 9.37 Å². The van der Waals surface area contributed by atoms with Crippen molar-refractivity contribution in [1.82, 2.24) is 14.5 Å². The van der Waals surface area contributed by atoms with Crippen molar-refractivity contribution in [2.75, 3.05) is 26.5 Å². The number of aromatic nitrogens is 2. The van der Waals surface area contributed by atoms with E-state index in [1.165, 1.54) is 22.7 Å². The Morgan fingerprint density at radius 2 is 1.96 bits per heavy atom. The van der Waals surface area contributed by atoms with Crippen LogP contribution in [0.25, 0.3) is 11.0 Å². The standard InChI is InChI=1S/C20H22FN3O2S/c1-23(13-15-7-3-4-8-16(15)21)19(25)14-27-20-22-17-9-5-6-10-18(17)24(20)11-12-26-2/h3-10H,11-14H2,1-2H3. The van der Waals surface area contributed by atoms with E-state index >= 15 is 0 Å². The average molecular weight is 387 g/mol. The van der Waals surface area contributed by atoms with Crippen molar-refractivity contribution in [3.05, 3.63) is 59.9 Å². The van der Waals surface area contributed by atoms with Gasteiger partial charge in [-0.1, -0.05) is 42.1 Å². The van der Waals surface area contributed by atoms with E-state index in [4.69, 9.17) is 4.74 Å². The zero-order valence-electron chi connectivity index (χ0n) is 15.4. The predicted molar refractivity (Wildman–Crippen MR) is 105 cm³/mol. The monoisotopic (exact) mass is 387 g/mol. The largest absolute Gasteiger partial charge is 0.383 e. The number of nitrogens with zero attached hydrogens (tertiary/aromatic N) is 3.